The fourth-order valence-electron chi connectivity index (χ4n) is 5.88. The van der Waals surface area contributed by atoms with Crippen LogP contribution in [0.5, 0.6) is 0 Å². The number of nitrogens with one attached hydrogen (secondary N) is 1. The average Bonchev–Trinajstić information content (AvgIpc) is 3.40. The number of imidazole rings is 1. The summed E-state index contributed by atoms with van der Waals surface area (Å²) < 4.78 is 2.59. The van der Waals surface area contributed by atoms with Crippen LogP contribution in [0.15, 0.2) is 59.5 Å². The summed E-state index contributed by atoms with van der Waals surface area (Å²) in [6.07, 6.45) is 9.04. The third kappa shape index (κ3) is 5.22. The van der Waals surface area contributed by atoms with Crippen LogP contribution < -0.4 is 15.1 Å². The van der Waals surface area contributed by atoms with Crippen molar-refractivity contribution in [2.45, 2.75) is 58.5 Å². The maximum Gasteiger partial charge on any atom is 0.271 e. The highest BCUT2D eigenvalue weighted by atomic mass is 79.9. The third-order valence-corrected chi connectivity index (χ3v) is 8.35. The number of carbonyl (C=O) groups is 2. The number of aryl methyl sites for hydroxylation is 1. The molecule has 2 amide bonds. The summed E-state index contributed by atoms with van der Waals surface area (Å²) in [7, 11) is 0. The number of halogens is 1. The molecule has 40 heavy (non-hydrogen) atoms. The van der Waals surface area contributed by atoms with Gasteiger partial charge in [-0.1, -0.05) is 30.3 Å². The third-order valence-electron chi connectivity index (χ3n) is 7.97. The molecule has 0 radical (unpaired) electrons. The lowest BCUT2D eigenvalue weighted by Gasteiger charge is -2.34. The van der Waals surface area contributed by atoms with Gasteiger partial charge in [-0.3, -0.25) is 9.59 Å². The average molecular weight is 602 g/mol. The molecule has 0 bridgehead atoms. The SMILES string of the molecule is CC(=O)N1c2ccc(-c3ccc(CNC(=O)c4cn5cc(Br)nc(N6CCCCC6)c5n4)cc3)cc2CC[C@@H]1C. The largest absolute Gasteiger partial charge is 0.353 e. The van der Waals surface area contributed by atoms with E-state index in [1.54, 1.807) is 13.1 Å². The van der Waals surface area contributed by atoms with Crippen molar-refractivity contribution in [3.63, 3.8) is 0 Å². The lowest BCUT2D eigenvalue weighted by molar-refractivity contribution is -0.117. The zero-order valence-corrected chi connectivity index (χ0v) is 24.4. The van der Waals surface area contributed by atoms with E-state index < -0.39 is 0 Å². The lowest BCUT2D eigenvalue weighted by Crippen LogP contribution is -2.40. The van der Waals surface area contributed by atoms with Gasteiger partial charge in [0.05, 0.1) is 0 Å². The van der Waals surface area contributed by atoms with Gasteiger partial charge in [-0.2, -0.15) is 0 Å². The van der Waals surface area contributed by atoms with Crippen molar-refractivity contribution in [3.05, 3.63) is 76.3 Å². The van der Waals surface area contributed by atoms with Crippen LogP contribution in [-0.4, -0.2) is 45.3 Å². The summed E-state index contributed by atoms with van der Waals surface area (Å²) in [5, 5.41) is 3.01. The number of amides is 2. The Kier molecular flexibility index (Phi) is 7.31. The van der Waals surface area contributed by atoms with Crippen LogP contribution in [0.4, 0.5) is 11.5 Å². The summed E-state index contributed by atoms with van der Waals surface area (Å²) >= 11 is 3.51. The Hall–Kier alpha value is -3.72. The van der Waals surface area contributed by atoms with E-state index >= 15 is 0 Å². The first-order valence-electron chi connectivity index (χ1n) is 14.0. The van der Waals surface area contributed by atoms with E-state index in [1.165, 1.54) is 12.0 Å². The van der Waals surface area contributed by atoms with Crippen LogP contribution in [0, 0.1) is 0 Å². The van der Waals surface area contributed by atoms with Crippen molar-refractivity contribution in [3.8, 4) is 11.1 Å². The van der Waals surface area contributed by atoms with Gasteiger partial charge >= 0.3 is 0 Å². The van der Waals surface area contributed by atoms with Gasteiger partial charge in [-0.25, -0.2) is 9.97 Å². The van der Waals surface area contributed by atoms with E-state index in [4.69, 9.17) is 0 Å². The molecule has 2 aromatic heterocycles. The van der Waals surface area contributed by atoms with Crippen LogP contribution >= 0.6 is 15.9 Å². The quantitative estimate of drug-likeness (QED) is 0.314. The predicted molar refractivity (Wildman–Crippen MR) is 161 cm³/mol. The minimum absolute atomic E-state index is 0.0863. The van der Waals surface area contributed by atoms with Gasteiger partial charge < -0.3 is 19.5 Å². The molecule has 2 aliphatic heterocycles. The first-order valence-corrected chi connectivity index (χ1v) is 14.8. The number of nitrogens with zero attached hydrogens (tertiary/aromatic N) is 5. The first-order chi connectivity index (χ1) is 19.4. The number of hydrogen-bond acceptors (Lipinski definition) is 5. The molecule has 4 heterocycles. The van der Waals surface area contributed by atoms with Gasteiger partial charge in [0.25, 0.3) is 5.91 Å². The fraction of sp³-hybridized carbons (Fsp3) is 0.355. The Labute approximate surface area is 242 Å². The maximum atomic E-state index is 13.0. The van der Waals surface area contributed by atoms with E-state index in [0.29, 0.717) is 17.9 Å². The highest BCUT2D eigenvalue weighted by molar-refractivity contribution is 9.10. The molecule has 8 nitrogen and oxygen atoms in total. The number of piperidine rings is 1. The van der Waals surface area contributed by atoms with Crippen LogP contribution in [0.25, 0.3) is 16.8 Å². The molecule has 1 N–H and O–H groups in total. The monoisotopic (exact) mass is 600 g/mol. The van der Waals surface area contributed by atoms with Crippen LogP contribution in [0.1, 0.15) is 61.1 Å². The molecule has 1 atom stereocenters. The molecule has 1 saturated heterocycles. The molecule has 0 aliphatic carbocycles. The molecule has 9 heteroatoms. The summed E-state index contributed by atoms with van der Waals surface area (Å²) in [6.45, 7) is 6.04. The van der Waals surface area contributed by atoms with Gasteiger partial charge in [0.15, 0.2) is 11.5 Å². The number of rotatable bonds is 5. The van der Waals surface area contributed by atoms with E-state index in [2.05, 4.69) is 73.4 Å². The molecule has 0 saturated carbocycles. The number of hydrogen-bond donors (Lipinski definition) is 1. The number of benzene rings is 2. The topological polar surface area (TPSA) is 82.8 Å². The van der Waals surface area contributed by atoms with Gasteiger partial charge in [-0.15, -0.1) is 0 Å². The number of fused-ring (bicyclic) bond motifs is 2. The highest BCUT2D eigenvalue weighted by Crippen LogP contribution is 2.34. The molecule has 2 aromatic carbocycles. The Bertz CT molecular complexity index is 1570. The molecule has 2 aliphatic rings. The van der Waals surface area contributed by atoms with Gasteiger partial charge in [0.1, 0.15) is 10.3 Å². The molecule has 0 unspecified atom stereocenters. The van der Waals surface area contributed by atoms with E-state index in [0.717, 1.165) is 71.6 Å². The van der Waals surface area contributed by atoms with Gasteiger partial charge in [0.2, 0.25) is 5.91 Å². The first kappa shape index (κ1) is 26.5. The van der Waals surface area contributed by atoms with Crippen molar-refractivity contribution in [2.75, 3.05) is 22.9 Å². The Morgan fingerprint density at radius 1 is 1.00 bits per heavy atom. The van der Waals surface area contributed by atoms with E-state index in [9.17, 15) is 9.59 Å². The normalized spacial score (nSPS) is 17.1. The van der Waals surface area contributed by atoms with Crippen LogP contribution in [-0.2, 0) is 17.8 Å². The Morgan fingerprint density at radius 2 is 1.75 bits per heavy atom. The van der Waals surface area contributed by atoms with E-state index in [1.807, 2.05) is 27.6 Å². The molecule has 6 rings (SSSR count). The number of anilines is 2. The van der Waals surface area contributed by atoms with Crippen molar-refractivity contribution in [1.29, 1.82) is 0 Å². The minimum atomic E-state index is -0.215. The molecule has 4 aromatic rings. The zero-order chi connectivity index (χ0) is 27.8. The zero-order valence-electron chi connectivity index (χ0n) is 22.9. The van der Waals surface area contributed by atoms with Crippen molar-refractivity contribution in [2.24, 2.45) is 0 Å². The predicted octanol–water partition coefficient (Wildman–Crippen LogP) is 5.77. The fourth-order valence-corrected chi connectivity index (χ4v) is 6.27. The number of carbonyl (C=O) groups excluding carboxylic acids is 2. The maximum absolute atomic E-state index is 13.0. The summed E-state index contributed by atoms with van der Waals surface area (Å²) in [6, 6.07) is 14.8. The second-order valence-electron chi connectivity index (χ2n) is 10.8. The van der Waals surface area contributed by atoms with Crippen molar-refractivity contribution in [1.82, 2.24) is 19.7 Å². The van der Waals surface area contributed by atoms with Gasteiger partial charge in [0, 0.05) is 50.7 Å². The molecular formula is C31H33BrN6O2. The van der Waals surface area contributed by atoms with Crippen molar-refractivity contribution < 1.29 is 9.59 Å². The Morgan fingerprint density at radius 3 is 2.50 bits per heavy atom. The minimum Gasteiger partial charge on any atom is -0.353 e. The van der Waals surface area contributed by atoms with Gasteiger partial charge in [-0.05, 0) is 89.3 Å². The van der Waals surface area contributed by atoms with Crippen LogP contribution in [0.3, 0.4) is 0 Å². The summed E-state index contributed by atoms with van der Waals surface area (Å²) in [5.74, 6) is 0.685. The number of aromatic nitrogens is 3. The molecular weight excluding hydrogens is 568 g/mol. The second kappa shape index (κ2) is 11.0. The summed E-state index contributed by atoms with van der Waals surface area (Å²) in [4.78, 5) is 38.7. The lowest BCUT2D eigenvalue weighted by atomic mass is 9.93. The highest BCUT2D eigenvalue weighted by Gasteiger charge is 2.26. The molecule has 0 spiro atoms. The van der Waals surface area contributed by atoms with Crippen molar-refractivity contribution >= 4 is 44.9 Å². The molecule has 1 fully saturated rings. The van der Waals surface area contributed by atoms with Crippen LogP contribution in [0.2, 0.25) is 0 Å². The Balaban J connectivity index is 1.14. The summed E-state index contributed by atoms with van der Waals surface area (Å²) in [5.41, 5.74) is 6.54. The standard InChI is InChI=1S/C31H33BrN6O2/c1-20-6-9-25-16-24(12-13-27(25)38(20)21(2)39)23-10-7-22(8-11-23)17-33-31(40)26-18-37-19-28(32)35-30(29(37)34-26)36-14-4-3-5-15-36/h7-8,10-13,16,18-20H,3-6,9,14-15,17H2,1-2H3,(H,33,40)/t20-/m0/s1. The molecule has 206 valence electrons. The smallest absolute Gasteiger partial charge is 0.271 e. The second-order valence-corrected chi connectivity index (χ2v) is 11.6. The van der Waals surface area contributed by atoms with E-state index in [-0.39, 0.29) is 17.9 Å².